The van der Waals surface area contributed by atoms with E-state index < -0.39 is 0 Å². The molecule has 1 aliphatic carbocycles. The van der Waals surface area contributed by atoms with Crippen LogP contribution in [0.1, 0.15) is 53.6 Å². The van der Waals surface area contributed by atoms with E-state index in [9.17, 15) is 4.79 Å². The number of rotatable bonds is 4. The molecule has 0 radical (unpaired) electrons. The zero-order valence-corrected chi connectivity index (χ0v) is 14.2. The monoisotopic (exact) mass is 326 g/mol. The summed E-state index contributed by atoms with van der Waals surface area (Å²) < 4.78 is 0. The molecule has 1 amide bonds. The van der Waals surface area contributed by atoms with Crippen LogP contribution in [-0.4, -0.2) is 18.2 Å². The smallest absolute Gasteiger partial charge is 0.254 e. The van der Waals surface area contributed by atoms with Gasteiger partial charge < -0.3 is 5.32 Å². The van der Waals surface area contributed by atoms with Crippen LogP contribution in [0.2, 0.25) is 0 Å². The molecule has 1 heterocycles. The molecule has 1 aliphatic rings. The maximum absolute atomic E-state index is 12.5. The summed E-state index contributed by atoms with van der Waals surface area (Å²) in [5, 5.41) is 5.87. The first-order chi connectivity index (χ1) is 11.2. The van der Waals surface area contributed by atoms with Gasteiger partial charge in [-0.15, -0.1) is 11.3 Å². The van der Waals surface area contributed by atoms with Crippen molar-refractivity contribution in [2.75, 3.05) is 0 Å². The Hall–Kier alpha value is -1.94. The second-order valence-electron chi connectivity index (χ2n) is 6.12. The molecular formula is C19H22N2OS. The Morgan fingerprint density at radius 2 is 1.91 bits per heavy atom. The average Bonchev–Trinajstić information content (AvgIpc) is 3.04. The van der Waals surface area contributed by atoms with Gasteiger partial charge in [0.1, 0.15) is 5.00 Å². The number of benzene rings is 1. The third-order valence-corrected chi connectivity index (χ3v) is 5.06. The second-order valence-corrected chi connectivity index (χ2v) is 7.01. The van der Waals surface area contributed by atoms with E-state index in [4.69, 9.17) is 0 Å². The molecule has 23 heavy (non-hydrogen) atoms. The van der Waals surface area contributed by atoms with E-state index in [1.54, 1.807) is 0 Å². The number of aliphatic imine (C=N–C) groups is 1. The summed E-state index contributed by atoms with van der Waals surface area (Å²) in [6, 6.07) is 10.4. The molecule has 120 valence electrons. The summed E-state index contributed by atoms with van der Waals surface area (Å²) in [6.07, 6.45) is 7.73. The normalized spacial score (nSPS) is 15.9. The highest BCUT2D eigenvalue weighted by Crippen LogP contribution is 2.27. The first-order valence-electron chi connectivity index (χ1n) is 8.21. The molecule has 1 aromatic heterocycles. The quantitative estimate of drug-likeness (QED) is 0.800. The van der Waals surface area contributed by atoms with Crippen LogP contribution in [0, 0.1) is 6.92 Å². The van der Waals surface area contributed by atoms with E-state index >= 15 is 0 Å². The molecule has 0 bridgehead atoms. The van der Waals surface area contributed by atoms with Crippen molar-refractivity contribution in [1.82, 2.24) is 5.32 Å². The highest BCUT2D eigenvalue weighted by atomic mass is 32.1. The van der Waals surface area contributed by atoms with Gasteiger partial charge in [-0.1, -0.05) is 49.1 Å². The van der Waals surface area contributed by atoms with Crippen molar-refractivity contribution in [1.29, 1.82) is 0 Å². The van der Waals surface area contributed by atoms with Crippen LogP contribution in [0.3, 0.4) is 0 Å². The molecule has 1 fully saturated rings. The van der Waals surface area contributed by atoms with Crippen LogP contribution in [0.4, 0.5) is 5.00 Å². The number of carbonyl (C=O) groups is 1. The first-order valence-corrected chi connectivity index (χ1v) is 9.09. The number of thiophene rings is 1. The van der Waals surface area contributed by atoms with Crippen molar-refractivity contribution in [3.8, 4) is 0 Å². The summed E-state index contributed by atoms with van der Waals surface area (Å²) in [5.74, 6) is 0.00852. The molecule has 3 rings (SSSR count). The molecule has 1 saturated carbocycles. The van der Waals surface area contributed by atoms with E-state index in [-0.39, 0.29) is 5.91 Å². The summed E-state index contributed by atoms with van der Waals surface area (Å²) in [5.41, 5.74) is 2.96. The second kappa shape index (κ2) is 7.55. The fourth-order valence-electron chi connectivity index (χ4n) is 2.87. The minimum absolute atomic E-state index is 0.00852. The molecule has 4 heteroatoms. The van der Waals surface area contributed by atoms with Crippen molar-refractivity contribution in [3.05, 3.63) is 52.4 Å². The van der Waals surface area contributed by atoms with E-state index in [0.29, 0.717) is 11.6 Å². The fraction of sp³-hybridized carbons (Fsp3) is 0.368. The minimum atomic E-state index is 0.00852. The van der Waals surface area contributed by atoms with Crippen molar-refractivity contribution in [2.24, 2.45) is 4.99 Å². The minimum Gasteiger partial charge on any atom is -0.349 e. The van der Waals surface area contributed by atoms with Crippen molar-refractivity contribution < 1.29 is 4.79 Å². The molecule has 0 spiro atoms. The largest absolute Gasteiger partial charge is 0.349 e. The van der Waals surface area contributed by atoms with E-state index in [2.05, 4.69) is 29.4 Å². The van der Waals surface area contributed by atoms with Gasteiger partial charge in [0.2, 0.25) is 0 Å². The highest BCUT2D eigenvalue weighted by molar-refractivity contribution is 7.14. The van der Waals surface area contributed by atoms with Gasteiger partial charge in [0.15, 0.2) is 0 Å². The van der Waals surface area contributed by atoms with Crippen LogP contribution in [0.25, 0.3) is 0 Å². The Labute approximate surface area is 141 Å². The number of hydrogen-bond donors (Lipinski definition) is 1. The van der Waals surface area contributed by atoms with Crippen molar-refractivity contribution in [2.45, 2.75) is 45.1 Å². The first kappa shape index (κ1) is 15.9. The molecule has 0 aliphatic heterocycles. The third kappa shape index (κ3) is 4.29. The van der Waals surface area contributed by atoms with Gasteiger partial charge in [-0.25, -0.2) is 4.99 Å². The van der Waals surface area contributed by atoms with E-state index in [1.807, 2.05) is 29.8 Å². The average molecular weight is 326 g/mol. The molecule has 1 N–H and O–H groups in total. The molecule has 1 aromatic carbocycles. The zero-order chi connectivity index (χ0) is 16.1. The predicted molar refractivity (Wildman–Crippen MR) is 97.1 cm³/mol. The Bertz CT molecular complexity index is 682. The van der Waals surface area contributed by atoms with Gasteiger partial charge >= 0.3 is 0 Å². The molecular weight excluding hydrogens is 304 g/mol. The van der Waals surface area contributed by atoms with Crippen LogP contribution in [0.5, 0.6) is 0 Å². The number of aryl methyl sites for hydroxylation is 1. The summed E-state index contributed by atoms with van der Waals surface area (Å²) >= 11 is 1.50. The van der Waals surface area contributed by atoms with Gasteiger partial charge in [-0.05, 0) is 36.8 Å². The summed E-state index contributed by atoms with van der Waals surface area (Å²) in [4.78, 5) is 17.0. The van der Waals surface area contributed by atoms with Crippen LogP contribution < -0.4 is 5.32 Å². The Kier molecular flexibility index (Phi) is 5.23. The lowest BCUT2D eigenvalue weighted by Crippen LogP contribution is -2.35. The lowest BCUT2D eigenvalue weighted by Gasteiger charge is -2.22. The molecule has 0 saturated heterocycles. The van der Waals surface area contributed by atoms with Crippen molar-refractivity contribution >= 4 is 28.5 Å². The van der Waals surface area contributed by atoms with E-state index in [0.717, 1.165) is 23.4 Å². The number of amides is 1. The number of nitrogens with one attached hydrogen (secondary N) is 1. The lowest BCUT2D eigenvalue weighted by molar-refractivity contribution is 0.0929. The SMILES string of the molecule is Cc1ccc(C=Nc2sccc2C(=O)NC2CCCCC2)cc1. The van der Waals surface area contributed by atoms with Crippen LogP contribution in [-0.2, 0) is 0 Å². The molecule has 2 aromatic rings. The number of nitrogens with zero attached hydrogens (tertiary/aromatic N) is 1. The topological polar surface area (TPSA) is 41.5 Å². The Morgan fingerprint density at radius 1 is 1.17 bits per heavy atom. The van der Waals surface area contributed by atoms with Gasteiger partial charge in [0.25, 0.3) is 5.91 Å². The standard InChI is InChI=1S/C19H22N2OS/c1-14-7-9-15(10-8-14)13-20-19-17(11-12-23-19)18(22)21-16-5-3-2-4-6-16/h7-13,16H,2-6H2,1H3,(H,21,22). The maximum atomic E-state index is 12.5. The number of hydrogen-bond acceptors (Lipinski definition) is 3. The molecule has 0 unspecified atom stereocenters. The number of carbonyl (C=O) groups excluding carboxylic acids is 1. The summed E-state index contributed by atoms with van der Waals surface area (Å²) in [7, 11) is 0. The molecule has 3 nitrogen and oxygen atoms in total. The Morgan fingerprint density at radius 3 is 2.65 bits per heavy atom. The van der Waals surface area contributed by atoms with Gasteiger partial charge in [-0.3, -0.25) is 4.79 Å². The Balaban J connectivity index is 1.68. The van der Waals surface area contributed by atoms with Gasteiger partial charge in [-0.2, -0.15) is 0 Å². The fourth-order valence-corrected chi connectivity index (χ4v) is 3.60. The van der Waals surface area contributed by atoms with Gasteiger partial charge in [0.05, 0.1) is 5.56 Å². The predicted octanol–water partition coefficient (Wildman–Crippen LogP) is 4.87. The molecule has 0 atom stereocenters. The zero-order valence-electron chi connectivity index (χ0n) is 13.4. The third-order valence-electron chi connectivity index (χ3n) is 4.24. The highest BCUT2D eigenvalue weighted by Gasteiger charge is 2.18. The van der Waals surface area contributed by atoms with Crippen molar-refractivity contribution in [3.63, 3.8) is 0 Å². The van der Waals surface area contributed by atoms with Gasteiger partial charge in [0, 0.05) is 12.3 Å². The van der Waals surface area contributed by atoms with Crippen LogP contribution in [0.15, 0.2) is 40.7 Å². The summed E-state index contributed by atoms with van der Waals surface area (Å²) in [6.45, 7) is 2.06. The maximum Gasteiger partial charge on any atom is 0.254 e. The lowest BCUT2D eigenvalue weighted by atomic mass is 9.95. The van der Waals surface area contributed by atoms with E-state index in [1.165, 1.54) is 36.2 Å². The van der Waals surface area contributed by atoms with Crippen LogP contribution >= 0.6 is 11.3 Å².